The zero-order chi connectivity index (χ0) is 8.10. The summed E-state index contributed by atoms with van der Waals surface area (Å²) in [6.07, 6.45) is 4.06. The Hall–Kier alpha value is -1.37. The van der Waals surface area contributed by atoms with Gasteiger partial charge in [0, 0.05) is 6.21 Å². The van der Waals surface area contributed by atoms with E-state index >= 15 is 0 Å². The van der Waals surface area contributed by atoms with E-state index in [1.165, 1.54) is 6.21 Å². The third kappa shape index (κ3) is 1.77. The van der Waals surface area contributed by atoms with Crippen molar-refractivity contribution in [3.8, 4) is 0 Å². The van der Waals surface area contributed by atoms with Crippen LogP contribution in [-0.2, 0) is 6.42 Å². The van der Waals surface area contributed by atoms with E-state index in [4.69, 9.17) is 5.41 Å². The van der Waals surface area contributed by atoms with Crippen LogP contribution in [0.15, 0.2) is 36.9 Å². The van der Waals surface area contributed by atoms with E-state index < -0.39 is 0 Å². The minimum absolute atomic E-state index is 0.839. The number of hydrogen-bond acceptors (Lipinski definition) is 1. The van der Waals surface area contributed by atoms with E-state index in [2.05, 4.69) is 6.58 Å². The normalized spacial score (nSPS) is 9.09. The van der Waals surface area contributed by atoms with Crippen LogP contribution in [-0.4, -0.2) is 6.21 Å². The minimum atomic E-state index is 0.839. The molecular weight excluding hydrogens is 134 g/mol. The molecule has 0 bridgehead atoms. The van der Waals surface area contributed by atoms with Crippen LogP contribution in [0.3, 0.4) is 0 Å². The lowest BCUT2D eigenvalue weighted by molar-refractivity contribution is 1.26. The second kappa shape index (κ2) is 3.71. The molecule has 0 saturated carbocycles. The summed E-state index contributed by atoms with van der Waals surface area (Å²) in [5.41, 5.74) is 2.14. The van der Waals surface area contributed by atoms with Crippen LogP contribution in [0.4, 0.5) is 0 Å². The number of hydrogen-bond donors (Lipinski definition) is 1. The van der Waals surface area contributed by atoms with Crippen LogP contribution in [0.2, 0.25) is 0 Å². The van der Waals surface area contributed by atoms with Gasteiger partial charge < -0.3 is 5.41 Å². The molecule has 1 nitrogen and oxygen atoms in total. The Morgan fingerprint density at radius 2 is 2.09 bits per heavy atom. The van der Waals surface area contributed by atoms with E-state index in [9.17, 15) is 0 Å². The molecule has 0 heterocycles. The second-order valence-electron chi connectivity index (χ2n) is 2.34. The molecule has 0 unspecified atom stereocenters. The molecule has 0 aromatic heterocycles. The lowest BCUT2D eigenvalue weighted by Crippen LogP contribution is -1.88. The molecule has 0 radical (unpaired) electrons. The molecule has 0 aliphatic rings. The van der Waals surface area contributed by atoms with Crippen molar-refractivity contribution in [2.75, 3.05) is 0 Å². The number of nitrogens with one attached hydrogen (secondary N) is 1. The molecule has 0 fully saturated rings. The molecule has 0 atom stereocenters. The first-order chi connectivity index (χ1) is 5.38. The fourth-order valence-corrected chi connectivity index (χ4v) is 1.02. The van der Waals surface area contributed by atoms with Crippen molar-refractivity contribution >= 4 is 6.21 Å². The standard InChI is InChI=1S/C10H11N/c1-2-5-9-6-3-4-7-10(9)8-11/h2-4,6-8,11H,1,5H2. The Morgan fingerprint density at radius 3 is 2.73 bits per heavy atom. The highest BCUT2D eigenvalue weighted by molar-refractivity contribution is 5.79. The van der Waals surface area contributed by atoms with Crippen LogP contribution >= 0.6 is 0 Å². The quantitative estimate of drug-likeness (QED) is 0.499. The molecule has 11 heavy (non-hydrogen) atoms. The van der Waals surface area contributed by atoms with Gasteiger partial charge in [-0.3, -0.25) is 0 Å². The van der Waals surface area contributed by atoms with Crippen LogP contribution in [0.25, 0.3) is 0 Å². The Balaban J connectivity index is 3.01. The van der Waals surface area contributed by atoms with Crippen molar-refractivity contribution in [3.63, 3.8) is 0 Å². The summed E-state index contributed by atoms with van der Waals surface area (Å²) < 4.78 is 0. The molecule has 1 N–H and O–H groups in total. The van der Waals surface area contributed by atoms with Gasteiger partial charge in [0.15, 0.2) is 0 Å². The highest BCUT2D eigenvalue weighted by atomic mass is 14.3. The van der Waals surface area contributed by atoms with Gasteiger partial charge in [-0.15, -0.1) is 6.58 Å². The van der Waals surface area contributed by atoms with Gasteiger partial charge in [-0.1, -0.05) is 30.3 Å². The van der Waals surface area contributed by atoms with E-state index in [1.807, 2.05) is 30.3 Å². The van der Waals surface area contributed by atoms with E-state index in [-0.39, 0.29) is 0 Å². The largest absolute Gasteiger partial charge is 0.308 e. The third-order valence-electron chi connectivity index (χ3n) is 1.57. The first kappa shape index (κ1) is 7.73. The molecule has 1 heteroatoms. The van der Waals surface area contributed by atoms with Crippen molar-refractivity contribution in [3.05, 3.63) is 48.0 Å². The fraction of sp³-hybridized carbons (Fsp3) is 0.100. The zero-order valence-corrected chi connectivity index (χ0v) is 6.38. The van der Waals surface area contributed by atoms with Crippen molar-refractivity contribution in [2.24, 2.45) is 0 Å². The molecule has 1 aromatic rings. The van der Waals surface area contributed by atoms with Gasteiger partial charge in [0.05, 0.1) is 0 Å². The zero-order valence-electron chi connectivity index (χ0n) is 6.38. The van der Waals surface area contributed by atoms with E-state index in [0.717, 1.165) is 17.5 Å². The summed E-state index contributed by atoms with van der Waals surface area (Å²) in [6, 6.07) is 7.87. The van der Waals surface area contributed by atoms with Crippen LogP contribution in [0.1, 0.15) is 11.1 Å². The Labute approximate surface area is 66.9 Å². The van der Waals surface area contributed by atoms with Crippen molar-refractivity contribution in [1.29, 1.82) is 5.41 Å². The van der Waals surface area contributed by atoms with E-state index in [1.54, 1.807) is 0 Å². The fourth-order valence-electron chi connectivity index (χ4n) is 1.02. The average Bonchev–Trinajstić information content (AvgIpc) is 2.06. The summed E-state index contributed by atoms with van der Waals surface area (Å²) in [5.74, 6) is 0. The van der Waals surface area contributed by atoms with Gasteiger partial charge in [-0.2, -0.15) is 0 Å². The summed E-state index contributed by atoms with van der Waals surface area (Å²) in [5, 5.41) is 7.10. The highest BCUT2D eigenvalue weighted by Gasteiger charge is 1.94. The molecule has 0 aliphatic carbocycles. The van der Waals surface area contributed by atoms with Gasteiger partial charge in [-0.05, 0) is 17.5 Å². The van der Waals surface area contributed by atoms with Gasteiger partial charge in [-0.25, -0.2) is 0 Å². The highest BCUT2D eigenvalue weighted by Crippen LogP contribution is 2.06. The van der Waals surface area contributed by atoms with Crippen molar-refractivity contribution in [2.45, 2.75) is 6.42 Å². The summed E-state index contributed by atoms with van der Waals surface area (Å²) in [7, 11) is 0. The van der Waals surface area contributed by atoms with Gasteiger partial charge >= 0.3 is 0 Å². The Bertz CT molecular complexity index is 263. The maximum Gasteiger partial charge on any atom is 0.0253 e. The van der Waals surface area contributed by atoms with Crippen LogP contribution < -0.4 is 0 Å². The Kier molecular flexibility index (Phi) is 2.61. The number of benzene rings is 1. The van der Waals surface area contributed by atoms with Crippen molar-refractivity contribution in [1.82, 2.24) is 0 Å². The molecule has 1 aromatic carbocycles. The molecule has 0 spiro atoms. The summed E-state index contributed by atoms with van der Waals surface area (Å²) in [6.45, 7) is 3.66. The van der Waals surface area contributed by atoms with Crippen LogP contribution in [0.5, 0.6) is 0 Å². The second-order valence-corrected chi connectivity index (χ2v) is 2.34. The molecule has 0 amide bonds. The van der Waals surface area contributed by atoms with Gasteiger partial charge in [0.25, 0.3) is 0 Å². The van der Waals surface area contributed by atoms with Gasteiger partial charge in [0.1, 0.15) is 0 Å². The average molecular weight is 145 g/mol. The van der Waals surface area contributed by atoms with Gasteiger partial charge in [0.2, 0.25) is 0 Å². The Morgan fingerprint density at radius 1 is 1.36 bits per heavy atom. The minimum Gasteiger partial charge on any atom is -0.308 e. The first-order valence-electron chi connectivity index (χ1n) is 3.57. The number of rotatable bonds is 3. The predicted molar refractivity (Wildman–Crippen MR) is 48.2 cm³/mol. The third-order valence-corrected chi connectivity index (χ3v) is 1.57. The topological polar surface area (TPSA) is 23.9 Å². The summed E-state index contributed by atoms with van der Waals surface area (Å²) >= 11 is 0. The lowest BCUT2D eigenvalue weighted by Gasteiger charge is -1.99. The maximum atomic E-state index is 7.10. The molecule has 56 valence electrons. The molecular formula is C10H11N. The first-order valence-corrected chi connectivity index (χ1v) is 3.57. The molecule has 1 rings (SSSR count). The van der Waals surface area contributed by atoms with Crippen molar-refractivity contribution < 1.29 is 0 Å². The lowest BCUT2D eigenvalue weighted by atomic mass is 10.1. The summed E-state index contributed by atoms with van der Waals surface area (Å²) in [4.78, 5) is 0. The monoisotopic (exact) mass is 145 g/mol. The predicted octanol–water partition coefficient (Wildman–Crippen LogP) is 2.41. The molecule has 0 aliphatic heterocycles. The smallest absolute Gasteiger partial charge is 0.0253 e. The van der Waals surface area contributed by atoms with E-state index in [0.29, 0.717) is 0 Å². The number of allylic oxidation sites excluding steroid dienone is 1. The molecule has 0 saturated heterocycles. The SMILES string of the molecule is C=CCc1ccccc1C=N. The maximum absolute atomic E-state index is 7.10. The van der Waals surface area contributed by atoms with Crippen LogP contribution in [0, 0.1) is 5.41 Å².